The topological polar surface area (TPSA) is 200 Å². The van der Waals surface area contributed by atoms with Crippen LogP contribution in [0.4, 0.5) is 5.13 Å². The lowest BCUT2D eigenvalue weighted by molar-refractivity contribution is -0.150. The average Bonchev–Trinajstić information content (AvgIpc) is 3.54. The Morgan fingerprint density at radius 2 is 2.15 bits per heavy atom. The lowest BCUT2D eigenvalue weighted by Gasteiger charge is -2.49. The van der Waals surface area contributed by atoms with Crippen LogP contribution in [0.1, 0.15) is 12.6 Å². The first-order valence-corrected chi connectivity index (χ1v) is 15.8. The van der Waals surface area contributed by atoms with Crippen molar-refractivity contribution in [3.63, 3.8) is 0 Å². The molecule has 0 bridgehead atoms. The Morgan fingerprint density at radius 3 is 2.83 bits per heavy atom. The zero-order valence-electron chi connectivity index (χ0n) is 21.4. The molecule has 5 N–H and O–H groups in total. The molecular formula is C23H23N7O7S4. The third-order valence-electron chi connectivity index (χ3n) is 6.08. The summed E-state index contributed by atoms with van der Waals surface area (Å²) in [5.41, 5.74) is 6.73. The molecule has 4 atom stereocenters. The number of allylic oxidation sites excluding steroid dienone is 2. The molecule has 4 aliphatic rings. The molecule has 1 aromatic heterocycles. The van der Waals surface area contributed by atoms with E-state index in [0.717, 1.165) is 22.0 Å². The maximum atomic E-state index is 13.1. The fraction of sp³-hybridized carbons (Fsp3) is 0.348. The number of thioether (sulfide) groups is 3. The number of oxime groups is 1. The average molecular weight is 638 g/mol. The van der Waals surface area contributed by atoms with Crippen LogP contribution in [-0.4, -0.2) is 101 Å². The Labute approximate surface area is 249 Å². The first-order valence-electron chi connectivity index (χ1n) is 11.9. The van der Waals surface area contributed by atoms with E-state index in [-0.39, 0.29) is 26.9 Å². The smallest absolute Gasteiger partial charge is 0.352 e. The van der Waals surface area contributed by atoms with Crippen LogP contribution in [0.2, 0.25) is 0 Å². The largest absolute Gasteiger partial charge is 0.478 e. The summed E-state index contributed by atoms with van der Waals surface area (Å²) < 4.78 is -0.139. The van der Waals surface area contributed by atoms with Gasteiger partial charge in [-0.15, -0.1) is 34.9 Å². The summed E-state index contributed by atoms with van der Waals surface area (Å²) in [5, 5.41) is 26.2. The van der Waals surface area contributed by atoms with Crippen LogP contribution in [0, 0.1) is 0 Å². The minimum absolute atomic E-state index is 0.0408. The Kier molecular flexibility index (Phi) is 8.35. The lowest BCUT2D eigenvalue weighted by atomic mass is 10.0. The van der Waals surface area contributed by atoms with Crippen molar-refractivity contribution < 1.29 is 34.2 Å². The molecule has 2 amide bonds. The first-order chi connectivity index (χ1) is 19.5. The van der Waals surface area contributed by atoms with Gasteiger partial charge in [0.05, 0.1) is 10.6 Å². The predicted octanol–water partition coefficient (Wildman–Crippen LogP) is 1.16. The van der Waals surface area contributed by atoms with Gasteiger partial charge in [0.2, 0.25) is 6.10 Å². The van der Waals surface area contributed by atoms with Crippen molar-refractivity contribution in [1.29, 1.82) is 0 Å². The predicted molar refractivity (Wildman–Crippen MR) is 157 cm³/mol. The van der Waals surface area contributed by atoms with Crippen molar-refractivity contribution in [1.82, 2.24) is 20.1 Å². The van der Waals surface area contributed by atoms with Gasteiger partial charge < -0.3 is 31.0 Å². The monoisotopic (exact) mass is 637 g/mol. The number of nitrogens with one attached hydrogen (secondary N) is 1. The van der Waals surface area contributed by atoms with Crippen LogP contribution in [0.5, 0.6) is 0 Å². The second-order valence-corrected chi connectivity index (χ2v) is 13.4. The van der Waals surface area contributed by atoms with Crippen LogP contribution in [0.15, 0.2) is 50.2 Å². The van der Waals surface area contributed by atoms with Gasteiger partial charge in [0.25, 0.3) is 11.8 Å². The molecule has 0 radical (unpaired) electrons. The van der Waals surface area contributed by atoms with Crippen molar-refractivity contribution in [3.05, 3.63) is 45.7 Å². The molecule has 0 spiro atoms. The van der Waals surface area contributed by atoms with Crippen LogP contribution in [-0.2, 0) is 24.0 Å². The summed E-state index contributed by atoms with van der Waals surface area (Å²) in [6.07, 6.45) is 4.47. The molecule has 5 heterocycles. The van der Waals surface area contributed by atoms with Gasteiger partial charge in [0.1, 0.15) is 27.5 Å². The number of fused-ring (bicyclic) bond motifs is 2. The highest BCUT2D eigenvalue weighted by Crippen LogP contribution is 2.44. The fourth-order valence-electron chi connectivity index (χ4n) is 4.04. The number of hydrogen-bond donors (Lipinski definition) is 4. The van der Waals surface area contributed by atoms with E-state index in [0.29, 0.717) is 17.1 Å². The fourth-order valence-corrected chi connectivity index (χ4v) is 8.47. The van der Waals surface area contributed by atoms with Crippen LogP contribution < -0.4 is 11.1 Å². The van der Waals surface area contributed by atoms with Gasteiger partial charge in [-0.3, -0.25) is 19.5 Å². The summed E-state index contributed by atoms with van der Waals surface area (Å²) in [5.74, 6) is -3.25. The quantitative estimate of drug-likeness (QED) is 0.162. The molecule has 0 aromatic carbocycles. The number of carbonyl (C=O) groups excluding carboxylic acids is 2. The minimum atomic E-state index is -1.35. The number of aromatic nitrogens is 1. The van der Waals surface area contributed by atoms with E-state index in [9.17, 15) is 24.3 Å². The summed E-state index contributed by atoms with van der Waals surface area (Å²) >= 11 is 5.44. The molecule has 18 heteroatoms. The molecular weight excluding hydrogens is 615 g/mol. The number of thiazole rings is 1. The molecule has 1 saturated heterocycles. The van der Waals surface area contributed by atoms with Crippen LogP contribution >= 0.6 is 46.6 Å². The number of β-lactam (4-membered cyclic amide) rings is 1. The number of nitrogens with zero attached hydrogens (tertiary/aromatic N) is 5. The number of rotatable bonds is 10. The SMILES string of the molecule is C[C@H](O/N=C(\C(=O)NC1C(=O)N2C(C(=O)O)=C(CSC3N=C4C=CN(C)C=C4S3)CS[C@H]12)c1csc(N)n1)C(=O)O. The molecule has 4 aliphatic heterocycles. The molecule has 216 valence electrons. The van der Waals surface area contributed by atoms with Gasteiger partial charge in [-0.1, -0.05) is 16.9 Å². The number of hydrogen-bond acceptors (Lipinski definition) is 14. The number of carboxylic acids is 2. The third-order valence-corrected chi connectivity index (χ3v) is 10.6. The molecule has 0 aliphatic carbocycles. The van der Waals surface area contributed by atoms with Crippen LogP contribution in [0.25, 0.3) is 0 Å². The maximum Gasteiger partial charge on any atom is 0.352 e. The van der Waals surface area contributed by atoms with Crippen molar-refractivity contribution in [2.45, 2.75) is 29.1 Å². The van der Waals surface area contributed by atoms with Gasteiger partial charge in [-0.25, -0.2) is 14.6 Å². The molecule has 1 aromatic rings. The van der Waals surface area contributed by atoms with E-state index < -0.39 is 41.3 Å². The van der Waals surface area contributed by atoms with Gasteiger partial charge in [-0.2, -0.15) is 0 Å². The minimum Gasteiger partial charge on any atom is -0.478 e. The number of amides is 2. The number of aliphatic imine (C=N–C) groups is 1. The molecule has 5 rings (SSSR count). The standard InChI is InChI=1S/C23H23N7O7S4/c1-9(20(33)34)37-28-14(12-8-39-22(24)25-12)17(31)27-15-18(32)30-16(21(35)36)10(6-38-19(15)30)7-40-23-26-11-3-4-29(2)5-13(11)41-23/h3-5,8-9,15,19,23H,6-7H2,1-2H3,(H2,24,25)(H,27,31)(H,33,34)(H,35,36)/b28-14-/t9-,15?,19+,23?/m0/s1. The lowest BCUT2D eigenvalue weighted by Crippen LogP contribution is -2.71. The van der Waals surface area contributed by atoms with Gasteiger partial charge in [-0.05, 0) is 18.6 Å². The van der Waals surface area contributed by atoms with Crippen LogP contribution in [0.3, 0.4) is 0 Å². The molecule has 14 nitrogen and oxygen atoms in total. The number of anilines is 1. The number of nitrogens with two attached hydrogens (primary N) is 1. The Hall–Kier alpha value is -3.48. The summed E-state index contributed by atoms with van der Waals surface area (Å²) in [6, 6.07) is -1.04. The molecule has 41 heavy (non-hydrogen) atoms. The Morgan fingerprint density at radius 1 is 1.37 bits per heavy atom. The highest BCUT2D eigenvalue weighted by atomic mass is 32.2. The van der Waals surface area contributed by atoms with Gasteiger partial charge in [0, 0.05) is 36.3 Å². The second-order valence-electron chi connectivity index (χ2n) is 8.94. The normalized spacial score (nSPS) is 24.2. The van der Waals surface area contributed by atoms with Crippen molar-refractivity contribution >= 4 is 86.9 Å². The van der Waals surface area contributed by atoms with Gasteiger partial charge in [0.15, 0.2) is 10.8 Å². The summed E-state index contributed by atoms with van der Waals surface area (Å²) in [7, 11) is 1.93. The van der Waals surface area contributed by atoms with Gasteiger partial charge >= 0.3 is 11.9 Å². The van der Waals surface area contributed by atoms with Crippen molar-refractivity contribution in [2.24, 2.45) is 10.1 Å². The second kappa shape index (κ2) is 11.8. The van der Waals surface area contributed by atoms with E-state index >= 15 is 0 Å². The highest BCUT2D eigenvalue weighted by molar-refractivity contribution is 8.19. The van der Waals surface area contributed by atoms with E-state index in [1.165, 1.54) is 40.7 Å². The maximum absolute atomic E-state index is 13.1. The highest BCUT2D eigenvalue weighted by Gasteiger charge is 2.54. The Balaban J connectivity index is 1.28. The van der Waals surface area contributed by atoms with E-state index in [4.69, 9.17) is 15.7 Å². The summed E-state index contributed by atoms with van der Waals surface area (Å²) in [6.45, 7) is 1.23. The van der Waals surface area contributed by atoms with Crippen molar-refractivity contribution in [2.75, 3.05) is 24.3 Å². The van der Waals surface area contributed by atoms with E-state index in [1.54, 1.807) is 11.8 Å². The zero-order chi connectivity index (χ0) is 29.4. The first kappa shape index (κ1) is 29.0. The Bertz CT molecular complexity index is 1470. The van der Waals surface area contributed by atoms with E-state index in [1.807, 2.05) is 30.4 Å². The third kappa shape index (κ3) is 5.95. The number of carboxylic acid groups (broad SMARTS) is 2. The number of nitrogen functional groups attached to an aromatic ring is 1. The van der Waals surface area contributed by atoms with Crippen molar-refractivity contribution in [3.8, 4) is 0 Å². The van der Waals surface area contributed by atoms with E-state index in [2.05, 4.69) is 20.4 Å². The molecule has 0 saturated carbocycles. The zero-order valence-corrected chi connectivity index (χ0v) is 24.7. The molecule has 2 unspecified atom stereocenters. The number of carbonyl (C=O) groups is 4. The number of aliphatic carboxylic acids is 2. The molecule has 1 fully saturated rings. The summed E-state index contributed by atoms with van der Waals surface area (Å²) in [4.78, 5) is 67.4.